The van der Waals surface area contributed by atoms with Gasteiger partial charge in [-0.3, -0.25) is 9.36 Å². The Balaban J connectivity index is 1.97. The summed E-state index contributed by atoms with van der Waals surface area (Å²) in [4.78, 5) is 32.1. The average molecular weight is 603 g/mol. The van der Waals surface area contributed by atoms with E-state index in [9.17, 15) is 9.59 Å². The van der Waals surface area contributed by atoms with E-state index in [1.54, 1.807) is 71.6 Å². The predicted molar refractivity (Wildman–Crippen MR) is 147 cm³/mol. The maximum absolute atomic E-state index is 13.9. The number of benzene rings is 2. The van der Waals surface area contributed by atoms with Gasteiger partial charge in [0.05, 0.1) is 56.9 Å². The van der Waals surface area contributed by atoms with Crippen LogP contribution in [0, 0.1) is 0 Å². The SMILES string of the molecule is CCOC(=O)C1=C(C)N=c2sc(=Cc3cc(OC)c(OC)cc3Br)c(=O)n2[C@@H]1c1ccc(OC)c(OC)c1. The summed E-state index contributed by atoms with van der Waals surface area (Å²) in [6.07, 6.45) is 1.75. The second kappa shape index (κ2) is 11.4. The molecule has 4 rings (SSSR count). The van der Waals surface area contributed by atoms with E-state index < -0.39 is 12.0 Å². The van der Waals surface area contributed by atoms with Gasteiger partial charge in [0.2, 0.25) is 0 Å². The summed E-state index contributed by atoms with van der Waals surface area (Å²) in [5.74, 6) is 1.55. The Bertz CT molecular complexity index is 1610. The van der Waals surface area contributed by atoms with Crippen molar-refractivity contribution in [1.29, 1.82) is 0 Å². The quantitative estimate of drug-likeness (QED) is 0.363. The highest BCUT2D eigenvalue weighted by Gasteiger charge is 2.34. The van der Waals surface area contributed by atoms with Crippen LogP contribution in [0.3, 0.4) is 0 Å². The van der Waals surface area contributed by atoms with E-state index >= 15 is 0 Å². The normalized spacial score (nSPS) is 15.0. The number of fused-ring (bicyclic) bond motifs is 1. The zero-order valence-corrected chi connectivity index (χ0v) is 24.2. The van der Waals surface area contributed by atoms with Crippen molar-refractivity contribution in [3.8, 4) is 23.0 Å². The number of nitrogens with zero attached hydrogens (tertiary/aromatic N) is 2. The molecule has 2 aromatic carbocycles. The first-order chi connectivity index (χ1) is 18.3. The molecule has 1 aromatic heterocycles. The molecule has 9 nitrogen and oxygen atoms in total. The van der Waals surface area contributed by atoms with E-state index in [0.29, 0.717) is 43.6 Å². The zero-order chi connectivity index (χ0) is 27.6. The molecule has 0 bridgehead atoms. The van der Waals surface area contributed by atoms with Crippen molar-refractivity contribution in [3.05, 3.63) is 76.9 Å². The van der Waals surface area contributed by atoms with Crippen LogP contribution in [0.1, 0.15) is 31.0 Å². The molecule has 38 heavy (non-hydrogen) atoms. The minimum atomic E-state index is -0.777. The Morgan fingerprint density at radius 3 is 2.29 bits per heavy atom. The van der Waals surface area contributed by atoms with Crippen molar-refractivity contribution < 1.29 is 28.5 Å². The summed E-state index contributed by atoms with van der Waals surface area (Å²) in [6.45, 7) is 3.66. The summed E-state index contributed by atoms with van der Waals surface area (Å²) in [7, 11) is 6.17. The van der Waals surface area contributed by atoms with Gasteiger partial charge in [-0.05, 0) is 55.3 Å². The first-order valence-electron chi connectivity index (χ1n) is 11.6. The number of methoxy groups -OCH3 is 4. The molecule has 0 amide bonds. The monoisotopic (exact) mass is 602 g/mol. The van der Waals surface area contributed by atoms with Gasteiger partial charge in [0.15, 0.2) is 27.8 Å². The van der Waals surface area contributed by atoms with E-state index in [4.69, 9.17) is 23.7 Å². The molecule has 11 heteroatoms. The largest absolute Gasteiger partial charge is 0.493 e. The number of carbonyl (C=O) groups is 1. The number of hydrogen-bond acceptors (Lipinski definition) is 9. The number of hydrogen-bond donors (Lipinski definition) is 0. The molecule has 3 aromatic rings. The van der Waals surface area contributed by atoms with Crippen LogP contribution in [0.4, 0.5) is 0 Å². The van der Waals surface area contributed by atoms with Gasteiger partial charge in [-0.1, -0.05) is 33.3 Å². The molecule has 1 aliphatic heterocycles. The molecule has 0 unspecified atom stereocenters. The van der Waals surface area contributed by atoms with Crippen molar-refractivity contribution in [2.24, 2.45) is 4.99 Å². The fraction of sp³-hybridized carbons (Fsp3) is 0.296. The number of ether oxygens (including phenoxy) is 5. The van der Waals surface area contributed by atoms with Gasteiger partial charge in [-0.15, -0.1) is 0 Å². The molecule has 1 aliphatic rings. The van der Waals surface area contributed by atoms with Gasteiger partial charge in [-0.2, -0.15) is 0 Å². The third kappa shape index (κ3) is 4.95. The maximum atomic E-state index is 13.9. The topological polar surface area (TPSA) is 97.6 Å². The maximum Gasteiger partial charge on any atom is 0.338 e. The minimum Gasteiger partial charge on any atom is -0.493 e. The van der Waals surface area contributed by atoms with Crippen LogP contribution in [-0.2, 0) is 9.53 Å². The van der Waals surface area contributed by atoms with Gasteiger partial charge < -0.3 is 23.7 Å². The third-order valence-electron chi connectivity index (χ3n) is 6.03. The molecular formula is C27H27BrN2O7S. The van der Waals surface area contributed by atoms with Crippen LogP contribution in [0.2, 0.25) is 0 Å². The molecule has 1 atom stereocenters. The molecule has 200 valence electrons. The van der Waals surface area contributed by atoms with E-state index in [-0.39, 0.29) is 17.7 Å². The van der Waals surface area contributed by atoms with E-state index in [1.165, 1.54) is 23.0 Å². The lowest BCUT2D eigenvalue weighted by Gasteiger charge is -2.25. The van der Waals surface area contributed by atoms with Crippen LogP contribution in [0.5, 0.6) is 23.0 Å². The van der Waals surface area contributed by atoms with E-state index in [2.05, 4.69) is 20.9 Å². The third-order valence-corrected chi connectivity index (χ3v) is 7.70. The van der Waals surface area contributed by atoms with Crippen LogP contribution in [-0.4, -0.2) is 45.6 Å². The molecule has 2 heterocycles. The van der Waals surface area contributed by atoms with Gasteiger partial charge >= 0.3 is 5.97 Å². The summed E-state index contributed by atoms with van der Waals surface area (Å²) in [6, 6.07) is 8.07. The molecule has 0 N–H and O–H groups in total. The second-order valence-electron chi connectivity index (χ2n) is 8.15. The molecule has 0 aliphatic carbocycles. The number of aromatic nitrogens is 1. The van der Waals surface area contributed by atoms with Crippen molar-refractivity contribution in [2.75, 3.05) is 35.0 Å². The van der Waals surface area contributed by atoms with Crippen LogP contribution in [0.15, 0.2) is 55.9 Å². The molecule has 0 saturated carbocycles. The highest BCUT2D eigenvalue weighted by atomic mass is 79.9. The van der Waals surface area contributed by atoms with E-state index in [1.807, 2.05) is 0 Å². The lowest BCUT2D eigenvalue weighted by Crippen LogP contribution is -2.40. The average Bonchev–Trinajstić information content (AvgIpc) is 3.22. The summed E-state index contributed by atoms with van der Waals surface area (Å²) in [5, 5.41) is 0. The smallest absolute Gasteiger partial charge is 0.338 e. The lowest BCUT2D eigenvalue weighted by molar-refractivity contribution is -0.139. The number of rotatable bonds is 8. The Labute approximate surface area is 231 Å². The highest BCUT2D eigenvalue weighted by molar-refractivity contribution is 9.10. The first-order valence-corrected chi connectivity index (χ1v) is 13.2. The molecule has 0 saturated heterocycles. The lowest BCUT2D eigenvalue weighted by atomic mass is 9.95. The van der Waals surface area contributed by atoms with Crippen molar-refractivity contribution >= 4 is 39.3 Å². The van der Waals surface area contributed by atoms with Gasteiger partial charge in [0.25, 0.3) is 5.56 Å². The van der Waals surface area contributed by atoms with Gasteiger partial charge in [0, 0.05) is 4.47 Å². The molecule has 0 fully saturated rings. The van der Waals surface area contributed by atoms with Crippen molar-refractivity contribution in [2.45, 2.75) is 19.9 Å². The Kier molecular flexibility index (Phi) is 8.27. The summed E-state index contributed by atoms with van der Waals surface area (Å²) < 4.78 is 29.7. The predicted octanol–water partition coefficient (Wildman–Crippen LogP) is 3.60. The number of esters is 1. The minimum absolute atomic E-state index is 0.187. The number of halogens is 1. The zero-order valence-electron chi connectivity index (χ0n) is 21.8. The Morgan fingerprint density at radius 2 is 1.66 bits per heavy atom. The standard InChI is InChI=1S/C27H27BrN2O7S/c1-7-37-26(32)23-14(2)29-27-30(24(23)15-8-9-18(33-3)19(10-15)34-4)25(31)22(38-27)12-16-11-20(35-5)21(36-6)13-17(16)28/h8-13,24H,7H2,1-6H3/t24-/m1/s1. The Hall–Kier alpha value is -3.57. The number of carbonyl (C=O) groups excluding carboxylic acids is 1. The van der Waals surface area contributed by atoms with Gasteiger partial charge in [-0.25, -0.2) is 9.79 Å². The highest BCUT2D eigenvalue weighted by Crippen LogP contribution is 2.36. The molecule has 0 spiro atoms. The fourth-order valence-corrected chi connectivity index (χ4v) is 5.73. The molecule has 0 radical (unpaired) electrons. The van der Waals surface area contributed by atoms with Crippen LogP contribution in [0.25, 0.3) is 6.08 Å². The van der Waals surface area contributed by atoms with Crippen molar-refractivity contribution in [1.82, 2.24) is 4.57 Å². The molecular weight excluding hydrogens is 576 g/mol. The summed E-state index contributed by atoms with van der Waals surface area (Å²) >= 11 is 4.78. The van der Waals surface area contributed by atoms with Crippen LogP contribution >= 0.6 is 27.3 Å². The first kappa shape index (κ1) is 27.5. The Morgan fingerprint density at radius 1 is 1.03 bits per heavy atom. The van der Waals surface area contributed by atoms with Crippen molar-refractivity contribution in [3.63, 3.8) is 0 Å². The summed E-state index contributed by atoms with van der Waals surface area (Å²) in [5.41, 5.74) is 1.83. The second-order valence-corrected chi connectivity index (χ2v) is 10.0. The van der Waals surface area contributed by atoms with E-state index in [0.717, 1.165) is 10.0 Å². The van der Waals surface area contributed by atoms with Crippen LogP contribution < -0.4 is 33.8 Å². The fourth-order valence-electron chi connectivity index (χ4n) is 4.25. The number of allylic oxidation sites excluding steroid dienone is 1. The van der Waals surface area contributed by atoms with Gasteiger partial charge in [0.1, 0.15) is 0 Å². The number of thiazole rings is 1.